The molecule has 1 rings (SSSR count). The van der Waals surface area contributed by atoms with E-state index in [2.05, 4.69) is 32.9 Å². The molecule has 0 atom stereocenters. The summed E-state index contributed by atoms with van der Waals surface area (Å²) >= 11 is 1.74. The van der Waals surface area contributed by atoms with Crippen molar-refractivity contribution >= 4 is 47.2 Å². The predicted octanol–water partition coefficient (Wildman–Crippen LogP) is 2.25. The van der Waals surface area contributed by atoms with Crippen molar-refractivity contribution in [2.75, 3.05) is 26.7 Å². The van der Waals surface area contributed by atoms with E-state index in [9.17, 15) is 4.79 Å². The van der Waals surface area contributed by atoms with Crippen LogP contribution in [0.25, 0.3) is 0 Å². The van der Waals surface area contributed by atoms with Crippen molar-refractivity contribution in [3.8, 4) is 0 Å². The number of guanidine groups is 1. The fourth-order valence-electron chi connectivity index (χ4n) is 1.94. The second kappa shape index (κ2) is 10.9. The fourth-order valence-corrected chi connectivity index (χ4v) is 2.87. The van der Waals surface area contributed by atoms with Gasteiger partial charge in [0.25, 0.3) is 0 Å². The lowest BCUT2D eigenvalue weighted by Gasteiger charge is -2.24. The van der Waals surface area contributed by atoms with Gasteiger partial charge in [0.05, 0.1) is 16.1 Å². The van der Waals surface area contributed by atoms with Gasteiger partial charge in [0, 0.05) is 38.0 Å². The number of aryl methyl sites for hydroxylation is 2. The molecule has 0 saturated heterocycles. The fraction of sp³-hybridized carbons (Fsp3) is 0.688. The third-order valence-corrected chi connectivity index (χ3v) is 4.71. The molecule has 0 bridgehead atoms. The number of nitrogens with one attached hydrogen (secondary N) is 3. The molecule has 8 heteroatoms. The minimum atomic E-state index is -0.489. The van der Waals surface area contributed by atoms with Gasteiger partial charge in [-0.3, -0.25) is 9.79 Å². The zero-order valence-corrected chi connectivity index (χ0v) is 18.6. The first-order valence-electron chi connectivity index (χ1n) is 7.96. The lowest BCUT2D eigenvalue weighted by molar-refractivity contribution is -0.128. The number of aromatic nitrogens is 1. The highest BCUT2D eigenvalue weighted by atomic mass is 127. The van der Waals surface area contributed by atoms with Crippen molar-refractivity contribution < 1.29 is 4.79 Å². The molecule has 138 valence electrons. The molecule has 1 amide bonds. The molecule has 1 aromatic heterocycles. The third kappa shape index (κ3) is 7.33. The number of amides is 1. The number of nitrogens with zero attached hydrogens (tertiary/aromatic N) is 2. The van der Waals surface area contributed by atoms with Crippen LogP contribution in [0.3, 0.4) is 0 Å². The van der Waals surface area contributed by atoms with E-state index in [1.165, 1.54) is 4.88 Å². The normalized spacial score (nSPS) is 11.7. The van der Waals surface area contributed by atoms with Gasteiger partial charge in [-0.05, 0) is 34.6 Å². The van der Waals surface area contributed by atoms with E-state index in [0.29, 0.717) is 19.0 Å². The summed E-state index contributed by atoms with van der Waals surface area (Å²) in [5, 5.41) is 10.5. The Kier molecular flexibility index (Phi) is 10.5. The molecule has 3 N–H and O–H groups in total. The lowest BCUT2D eigenvalue weighted by atomic mass is 9.92. The molecular formula is C16H30IN5OS. The minimum absolute atomic E-state index is 0. The van der Waals surface area contributed by atoms with Crippen molar-refractivity contribution in [1.29, 1.82) is 0 Å². The first-order valence-corrected chi connectivity index (χ1v) is 8.77. The predicted molar refractivity (Wildman–Crippen MR) is 113 cm³/mol. The molecule has 0 fully saturated rings. The Labute approximate surface area is 166 Å². The first kappa shape index (κ1) is 23.1. The molecule has 0 unspecified atom stereocenters. The maximum Gasteiger partial charge on any atom is 0.227 e. The summed E-state index contributed by atoms with van der Waals surface area (Å²) in [6.45, 7) is 11.8. The van der Waals surface area contributed by atoms with Crippen molar-refractivity contribution in [3.63, 3.8) is 0 Å². The maximum atomic E-state index is 12.0. The van der Waals surface area contributed by atoms with Crippen LogP contribution in [-0.4, -0.2) is 43.5 Å². The number of hydrogen-bond acceptors (Lipinski definition) is 4. The Bertz CT molecular complexity index is 537. The Morgan fingerprint density at radius 1 is 1.25 bits per heavy atom. The van der Waals surface area contributed by atoms with Gasteiger partial charge in [0.2, 0.25) is 5.91 Å². The van der Waals surface area contributed by atoms with Crippen LogP contribution in [0.15, 0.2) is 4.99 Å². The summed E-state index contributed by atoms with van der Waals surface area (Å²) in [6, 6.07) is 0. The largest absolute Gasteiger partial charge is 0.356 e. The highest BCUT2D eigenvalue weighted by Gasteiger charge is 2.27. The second-order valence-electron chi connectivity index (χ2n) is 6.10. The van der Waals surface area contributed by atoms with Crippen molar-refractivity contribution in [2.24, 2.45) is 10.4 Å². The van der Waals surface area contributed by atoms with E-state index < -0.39 is 5.41 Å². The van der Waals surface area contributed by atoms with Crippen LogP contribution in [0.2, 0.25) is 0 Å². The molecular weight excluding hydrogens is 437 g/mol. The van der Waals surface area contributed by atoms with Crippen LogP contribution in [0.1, 0.15) is 36.3 Å². The van der Waals surface area contributed by atoms with E-state index >= 15 is 0 Å². The van der Waals surface area contributed by atoms with Gasteiger partial charge in [0.15, 0.2) is 5.96 Å². The standard InChI is InChI=1S/C16H29N5OS.HI/c1-7-18-14(22)16(4,5)10-20-15(17-6)19-9-8-13-21-11(2)12(3)23-13;/h7-10H2,1-6H3,(H,18,22)(H2,17,19,20);1H. The summed E-state index contributed by atoms with van der Waals surface area (Å²) < 4.78 is 0. The van der Waals surface area contributed by atoms with E-state index in [4.69, 9.17) is 0 Å². The average molecular weight is 467 g/mol. The van der Waals surface area contributed by atoms with Crippen molar-refractivity contribution in [2.45, 2.75) is 41.0 Å². The zero-order chi connectivity index (χ0) is 17.5. The SMILES string of the molecule is CCNC(=O)C(C)(C)CNC(=NC)NCCc1nc(C)c(C)s1.I. The summed E-state index contributed by atoms with van der Waals surface area (Å²) in [6.07, 6.45) is 0.861. The number of rotatable bonds is 7. The van der Waals surface area contributed by atoms with Crippen LogP contribution >= 0.6 is 35.3 Å². The second-order valence-corrected chi connectivity index (χ2v) is 7.38. The lowest BCUT2D eigenvalue weighted by Crippen LogP contribution is -2.48. The first-order chi connectivity index (χ1) is 10.8. The Hall–Kier alpha value is -0.900. The van der Waals surface area contributed by atoms with Crippen molar-refractivity contribution in [3.05, 3.63) is 15.6 Å². The quantitative estimate of drug-likeness (QED) is 0.327. The number of carbonyl (C=O) groups is 1. The van der Waals surface area contributed by atoms with Gasteiger partial charge in [-0.2, -0.15) is 0 Å². The molecule has 0 aromatic carbocycles. The smallest absolute Gasteiger partial charge is 0.227 e. The molecule has 0 aliphatic rings. The average Bonchev–Trinajstić information content (AvgIpc) is 2.81. The highest BCUT2D eigenvalue weighted by molar-refractivity contribution is 14.0. The van der Waals surface area contributed by atoms with E-state index in [1.54, 1.807) is 18.4 Å². The summed E-state index contributed by atoms with van der Waals surface area (Å²) in [5.41, 5.74) is 0.619. The number of halogens is 1. The number of thiazole rings is 1. The van der Waals surface area contributed by atoms with Crippen LogP contribution in [0.5, 0.6) is 0 Å². The molecule has 0 saturated carbocycles. The van der Waals surface area contributed by atoms with Gasteiger partial charge in [-0.15, -0.1) is 35.3 Å². The van der Waals surface area contributed by atoms with Gasteiger partial charge in [0.1, 0.15) is 0 Å². The Morgan fingerprint density at radius 3 is 2.42 bits per heavy atom. The topological polar surface area (TPSA) is 78.4 Å². The Balaban J connectivity index is 0.00000529. The van der Waals surface area contributed by atoms with Gasteiger partial charge < -0.3 is 16.0 Å². The van der Waals surface area contributed by atoms with E-state index in [1.807, 2.05) is 27.7 Å². The summed E-state index contributed by atoms with van der Waals surface area (Å²) in [5.74, 6) is 0.740. The number of hydrogen-bond donors (Lipinski definition) is 3. The van der Waals surface area contributed by atoms with E-state index in [0.717, 1.165) is 23.7 Å². The summed E-state index contributed by atoms with van der Waals surface area (Å²) in [7, 11) is 1.73. The van der Waals surface area contributed by atoms with Gasteiger partial charge >= 0.3 is 0 Å². The van der Waals surface area contributed by atoms with Crippen molar-refractivity contribution in [1.82, 2.24) is 20.9 Å². The zero-order valence-electron chi connectivity index (χ0n) is 15.4. The monoisotopic (exact) mass is 467 g/mol. The van der Waals surface area contributed by atoms with Crippen LogP contribution in [0.4, 0.5) is 0 Å². The molecule has 1 heterocycles. The summed E-state index contributed by atoms with van der Waals surface area (Å²) in [4.78, 5) is 22.0. The molecule has 24 heavy (non-hydrogen) atoms. The van der Waals surface area contributed by atoms with E-state index in [-0.39, 0.29) is 29.9 Å². The molecule has 0 aliphatic heterocycles. The minimum Gasteiger partial charge on any atom is -0.356 e. The number of aliphatic imine (C=N–C) groups is 1. The molecule has 0 radical (unpaired) electrons. The van der Waals surface area contributed by atoms with Crippen LogP contribution in [-0.2, 0) is 11.2 Å². The molecule has 0 aliphatic carbocycles. The van der Waals surface area contributed by atoms with Gasteiger partial charge in [-0.25, -0.2) is 4.98 Å². The molecule has 0 spiro atoms. The molecule has 1 aromatic rings. The molecule has 6 nitrogen and oxygen atoms in total. The van der Waals surface area contributed by atoms with Gasteiger partial charge in [-0.1, -0.05) is 0 Å². The van der Waals surface area contributed by atoms with Crippen LogP contribution in [0, 0.1) is 19.3 Å². The Morgan fingerprint density at radius 2 is 1.92 bits per heavy atom. The maximum absolute atomic E-state index is 12.0. The number of carbonyl (C=O) groups excluding carboxylic acids is 1. The van der Waals surface area contributed by atoms with Crippen LogP contribution < -0.4 is 16.0 Å². The third-order valence-electron chi connectivity index (χ3n) is 3.58. The highest BCUT2D eigenvalue weighted by Crippen LogP contribution is 2.16.